The summed E-state index contributed by atoms with van der Waals surface area (Å²) in [6, 6.07) is 7.67. The van der Waals surface area contributed by atoms with Gasteiger partial charge in [-0.25, -0.2) is 13.8 Å². The molecule has 3 aliphatic rings. The fourth-order valence-corrected chi connectivity index (χ4v) is 6.16. The van der Waals surface area contributed by atoms with Crippen LogP contribution in [0.25, 0.3) is 22.2 Å². The highest BCUT2D eigenvalue weighted by Crippen LogP contribution is 2.50. The van der Waals surface area contributed by atoms with Crippen molar-refractivity contribution in [3.8, 4) is 22.8 Å². The molecule has 0 spiro atoms. The molecule has 0 radical (unpaired) electrons. The molecule has 2 aromatic heterocycles. The van der Waals surface area contributed by atoms with Crippen LogP contribution in [0.4, 0.5) is 8.78 Å². The summed E-state index contributed by atoms with van der Waals surface area (Å²) in [5, 5.41) is 20.5. The molecule has 0 unspecified atom stereocenters. The number of hydrogen-bond donors (Lipinski definition) is 3. The van der Waals surface area contributed by atoms with Crippen LogP contribution in [0.5, 0.6) is 11.5 Å². The number of aliphatic hydroxyl groups is 1. The highest BCUT2D eigenvalue weighted by atomic mass is 19.2. The van der Waals surface area contributed by atoms with Crippen molar-refractivity contribution < 1.29 is 33.0 Å². The van der Waals surface area contributed by atoms with E-state index in [2.05, 4.69) is 10.4 Å². The van der Waals surface area contributed by atoms with Crippen LogP contribution in [0.1, 0.15) is 65.8 Å². The number of rotatable bonds is 9. The van der Waals surface area contributed by atoms with Crippen LogP contribution < -0.4 is 20.5 Å². The highest BCUT2D eigenvalue weighted by molar-refractivity contribution is 6.00. The summed E-state index contributed by atoms with van der Waals surface area (Å²) >= 11 is 0. The Morgan fingerprint density at radius 1 is 1.22 bits per heavy atom. The second kappa shape index (κ2) is 10.2. The second-order valence-electron chi connectivity index (χ2n) is 12.6. The molecule has 0 saturated heterocycles. The van der Waals surface area contributed by atoms with Crippen LogP contribution in [-0.2, 0) is 15.8 Å². The average molecular weight is 618 g/mol. The van der Waals surface area contributed by atoms with Crippen molar-refractivity contribution in [2.75, 3.05) is 20.3 Å². The molecule has 4 aromatic rings. The van der Waals surface area contributed by atoms with Crippen molar-refractivity contribution in [3.63, 3.8) is 0 Å². The van der Waals surface area contributed by atoms with Crippen LogP contribution in [0.15, 0.2) is 36.5 Å². The van der Waals surface area contributed by atoms with Gasteiger partial charge in [-0.15, -0.1) is 0 Å². The van der Waals surface area contributed by atoms with Crippen molar-refractivity contribution in [2.45, 2.75) is 56.6 Å². The minimum atomic E-state index is -1.65. The number of nitrogens with two attached hydrogens (primary N) is 1. The van der Waals surface area contributed by atoms with Gasteiger partial charge in [0.25, 0.3) is 5.91 Å². The molecule has 2 atom stereocenters. The number of pyridine rings is 1. The maximum Gasteiger partial charge on any atom is 0.251 e. The Bertz CT molecular complexity index is 1900. The topological polar surface area (TPSA) is 142 Å². The standard InChI is InChI=1S/C33H33F2N5O5/c1-16-21(8-9-23(34)26(16)35)28-29-22(32(2,15-45-29)31(36)42)12-25(38-28)33(43,19-4-5-19)14-37-30(41)17-10-18-13-40(20-6-7-20)39-27(18)24(11-17)44-3/h8-13,19-20,43H,4-7,14-15H2,1-3H3,(H2,36,42)(H,37,41)/t32-,33+/m0/s1. The van der Waals surface area contributed by atoms with Gasteiger partial charge in [0.15, 0.2) is 11.6 Å². The SMILES string of the molecule is COc1cc(C(=O)NC[C@](O)(c2cc3c(c(-c4ccc(F)c(F)c4C)n2)OC[C@]3(C)C(N)=O)C2CC2)cc2cn(C3CC3)nc12. The number of carbonyl (C=O) groups is 2. The molecule has 10 nitrogen and oxygen atoms in total. The fourth-order valence-electron chi connectivity index (χ4n) is 6.16. The van der Waals surface area contributed by atoms with Gasteiger partial charge in [-0.05, 0) is 81.3 Å². The van der Waals surface area contributed by atoms with Gasteiger partial charge in [-0.2, -0.15) is 5.10 Å². The quantitative estimate of drug-likeness (QED) is 0.256. The lowest BCUT2D eigenvalue weighted by Crippen LogP contribution is -2.44. The van der Waals surface area contributed by atoms with Crippen molar-refractivity contribution >= 4 is 22.7 Å². The Balaban J connectivity index is 1.27. The van der Waals surface area contributed by atoms with Gasteiger partial charge in [0, 0.05) is 28.3 Å². The first-order chi connectivity index (χ1) is 21.4. The predicted molar refractivity (Wildman–Crippen MR) is 160 cm³/mol. The summed E-state index contributed by atoms with van der Waals surface area (Å²) in [5.41, 5.74) is 4.82. The van der Waals surface area contributed by atoms with Gasteiger partial charge in [-0.3, -0.25) is 14.3 Å². The first-order valence-corrected chi connectivity index (χ1v) is 15.0. The largest absolute Gasteiger partial charge is 0.494 e. The number of halogens is 2. The van der Waals surface area contributed by atoms with E-state index in [0.717, 1.165) is 24.3 Å². The molecule has 234 valence electrons. The average Bonchev–Trinajstić information content (AvgIpc) is 3.97. The molecular formula is C33H33F2N5O5. The molecule has 4 N–H and O–H groups in total. The second-order valence-corrected chi connectivity index (χ2v) is 12.6. The van der Waals surface area contributed by atoms with Crippen LogP contribution in [0, 0.1) is 24.5 Å². The van der Waals surface area contributed by atoms with Gasteiger partial charge in [0.1, 0.15) is 40.3 Å². The number of primary amides is 1. The number of nitrogens with one attached hydrogen (secondary N) is 1. The molecule has 3 heterocycles. The van der Waals surface area contributed by atoms with E-state index in [1.54, 1.807) is 25.1 Å². The molecule has 2 fully saturated rings. The Morgan fingerprint density at radius 2 is 1.98 bits per heavy atom. The van der Waals surface area contributed by atoms with E-state index in [9.17, 15) is 23.5 Å². The van der Waals surface area contributed by atoms with E-state index >= 15 is 0 Å². The fraction of sp³-hybridized carbons (Fsp3) is 0.394. The first-order valence-electron chi connectivity index (χ1n) is 15.0. The van der Waals surface area contributed by atoms with Gasteiger partial charge >= 0.3 is 0 Å². The summed E-state index contributed by atoms with van der Waals surface area (Å²) in [6.45, 7) is 2.76. The van der Waals surface area contributed by atoms with Crippen LogP contribution in [0.3, 0.4) is 0 Å². The van der Waals surface area contributed by atoms with Crippen LogP contribution >= 0.6 is 0 Å². The molecule has 2 aromatic carbocycles. The lowest BCUT2D eigenvalue weighted by atomic mass is 9.81. The van der Waals surface area contributed by atoms with E-state index < -0.39 is 34.5 Å². The monoisotopic (exact) mass is 617 g/mol. The maximum absolute atomic E-state index is 14.7. The molecule has 45 heavy (non-hydrogen) atoms. The van der Waals surface area contributed by atoms with E-state index in [0.29, 0.717) is 41.3 Å². The van der Waals surface area contributed by atoms with Crippen LogP contribution in [-0.4, -0.2) is 51.9 Å². The molecule has 12 heteroatoms. The number of nitrogens with zero attached hydrogens (tertiary/aromatic N) is 3. The molecule has 2 saturated carbocycles. The van der Waals surface area contributed by atoms with Gasteiger partial charge in [0.2, 0.25) is 5.91 Å². The van der Waals surface area contributed by atoms with Crippen molar-refractivity contribution in [1.29, 1.82) is 0 Å². The molecule has 2 aliphatic carbocycles. The Hall–Kier alpha value is -4.58. The predicted octanol–water partition coefficient (Wildman–Crippen LogP) is 4.19. The zero-order valence-electron chi connectivity index (χ0n) is 25.1. The molecule has 7 rings (SSSR count). The Labute approximate surface area is 257 Å². The number of hydrogen-bond acceptors (Lipinski definition) is 7. The van der Waals surface area contributed by atoms with Gasteiger partial charge in [0.05, 0.1) is 25.4 Å². The van der Waals surface area contributed by atoms with Crippen molar-refractivity contribution in [1.82, 2.24) is 20.1 Å². The van der Waals surface area contributed by atoms with E-state index in [-0.39, 0.29) is 47.3 Å². The number of fused-ring (bicyclic) bond motifs is 2. The zero-order chi connectivity index (χ0) is 31.8. The van der Waals surface area contributed by atoms with E-state index in [1.165, 1.54) is 20.1 Å². The Morgan fingerprint density at radius 3 is 2.64 bits per heavy atom. The number of benzene rings is 2. The third-order valence-corrected chi connectivity index (χ3v) is 9.42. The molecule has 2 amide bonds. The Kier molecular flexibility index (Phi) is 6.63. The number of amides is 2. The minimum Gasteiger partial charge on any atom is -0.494 e. The lowest BCUT2D eigenvalue weighted by Gasteiger charge is -2.30. The number of methoxy groups -OCH3 is 1. The third-order valence-electron chi connectivity index (χ3n) is 9.42. The summed E-state index contributed by atoms with van der Waals surface area (Å²) in [5.74, 6) is -2.71. The lowest BCUT2D eigenvalue weighted by molar-refractivity contribution is -0.123. The van der Waals surface area contributed by atoms with E-state index in [4.69, 9.17) is 20.2 Å². The smallest absolute Gasteiger partial charge is 0.251 e. The maximum atomic E-state index is 14.7. The van der Waals surface area contributed by atoms with Crippen molar-refractivity contribution in [2.24, 2.45) is 11.7 Å². The zero-order valence-corrected chi connectivity index (χ0v) is 25.1. The molecule has 1 aliphatic heterocycles. The van der Waals surface area contributed by atoms with E-state index in [1.807, 2.05) is 10.9 Å². The minimum absolute atomic E-state index is 0.00394. The van der Waals surface area contributed by atoms with Crippen LogP contribution in [0.2, 0.25) is 0 Å². The normalized spacial score (nSPS) is 20.4. The molecular weight excluding hydrogens is 584 g/mol. The highest BCUT2D eigenvalue weighted by Gasteiger charge is 2.50. The number of ether oxygens (including phenoxy) is 2. The van der Waals surface area contributed by atoms with Gasteiger partial charge in [-0.1, -0.05) is 0 Å². The molecule has 0 bridgehead atoms. The number of aromatic nitrogens is 3. The summed E-state index contributed by atoms with van der Waals surface area (Å²) in [6.07, 6.45) is 5.37. The third kappa shape index (κ3) is 4.70. The van der Waals surface area contributed by atoms with Crippen molar-refractivity contribution in [3.05, 3.63) is 70.5 Å². The summed E-state index contributed by atoms with van der Waals surface area (Å²) in [4.78, 5) is 30.9. The van der Waals surface area contributed by atoms with Gasteiger partial charge < -0.3 is 25.6 Å². The first kappa shape index (κ1) is 29.1. The summed E-state index contributed by atoms with van der Waals surface area (Å²) < 4.78 is 42.1. The number of carbonyl (C=O) groups excluding carboxylic acids is 2. The summed E-state index contributed by atoms with van der Waals surface area (Å²) in [7, 11) is 1.52.